The summed E-state index contributed by atoms with van der Waals surface area (Å²) < 4.78 is 53.9. The van der Waals surface area contributed by atoms with Crippen LogP contribution in [0.4, 0.5) is 17.6 Å². The lowest BCUT2D eigenvalue weighted by Gasteiger charge is -2.15. The summed E-state index contributed by atoms with van der Waals surface area (Å²) in [6.07, 6.45) is 0.338. The quantitative estimate of drug-likeness (QED) is 0.494. The Morgan fingerprint density at radius 3 is 1.50 bits per heavy atom. The fraction of sp³-hybridized carbons (Fsp3) is 0.571. The zero-order chi connectivity index (χ0) is 12.5. The molecule has 1 rings (SSSR count). The molecule has 0 aromatic heterocycles. The van der Waals surface area contributed by atoms with Gasteiger partial charge in [0.05, 0.1) is 0 Å². The fourth-order valence-corrected chi connectivity index (χ4v) is 1.64. The fourth-order valence-electron chi connectivity index (χ4n) is 1.64. The van der Waals surface area contributed by atoms with Crippen molar-refractivity contribution < 1.29 is 17.6 Å². The van der Waals surface area contributed by atoms with Crippen molar-refractivity contribution in [2.75, 3.05) is 0 Å². The molecule has 0 nitrogen and oxygen atoms in total. The van der Waals surface area contributed by atoms with Crippen LogP contribution in [0.5, 0.6) is 0 Å². The minimum absolute atomic E-state index is 0. The van der Waals surface area contributed by atoms with Crippen LogP contribution < -0.4 is 0 Å². The molecule has 0 fully saturated rings. The van der Waals surface area contributed by atoms with E-state index in [0.717, 1.165) is 0 Å². The predicted octanol–water partition coefficient (Wildman–Crippen LogP) is 5.59. The highest BCUT2D eigenvalue weighted by atomic mass is 19.2. The van der Waals surface area contributed by atoms with Crippen LogP contribution in [0.15, 0.2) is 0 Å². The van der Waals surface area contributed by atoms with Gasteiger partial charge in [-0.15, -0.1) is 0 Å². The maximum atomic E-state index is 13.5. The molecule has 4 heteroatoms. The van der Waals surface area contributed by atoms with Crippen molar-refractivity contribution in [3.05, 3.63) is 34.4 Å². The van der Waals surface area contributed by atoms with Crippen molar-refractivity contribution >= 4 is 0 Å². The van der Waals surface area contributed by atoms with Crippen LogP contribution in [-0.4, -0.2) is 0 Å². The summed E-state index contributed by atoms with van der Waals surface area (Å²) in [7, 11) is 0. The van der Waals surface area contributed by atoms with E-state index in [1.807, 2.05) is 0 Å². The standard InChI is InChI=1S/C12H14F4.2CH4/c1-4-6(3)8-11(15)9(13)7(5-2)10(14)12(8)16;;/h6H,4-5H2,1-3H3;2*1H4. The SMILES string of the molecule is C.C.CCc1c(F)c(F)c(C(C)CC)c(F)c1F. The average molecular weight is 266 g/mol. The van der Waals surface area contributed by atoms with Crippen molar-refractivity contribution in [1.82, 2.24) is 0 Å². The third kappa shape index (κ3) is 3.03. The number of rotatable bonds is 3. The van der Waals surface area contributed by atoms with E-state index in [0.29, 0.717) is 6.42 Å². The summed E-state index contributed by atoms with van der Waals surface area (Å²) in [5, 5.41) is 0. The summed E-state index contributed by atoms with van der Waals surface area (Å²) >= 11 is 0. The van der Waals surface area contributed by atoms with E-state index in [1.54, 1.807) is 6.92 Å². The zero-order valence-corrected chi connectivity index (χ0v) is 9.50. The molecule has 18 heavy (non-hydrogen) atoms. The van der Waals surface area contributed by atoms with Gasteiger partial charge in [0.1, 0.15) is 0 Å². The maximum absolute atomic E-state index is 13.5. The van der Waals surface area contributed by atoms with E-state index < -0.39 is 40.3 Å². The lowest BCUT2D eigenvalue weighted by Crippen LogP contribution is -2.10. The van der Waals surface area contributed by atoms with Crippen LogP contribution in [-0.2, 0) is 6.42 Å². The second kappa shape index (κ2) is 7.39. The molecule has 0 spiro atoms. The van der Waals surface area contributed by atoms with Gasteiger partial charge < -0.3 is 0 Å². The minimum Gasteiger partial charge on any atom is -0.203 e. The van der Waals surface area contributed by atoms with Gasteiger partial charge in [0.15, 0.2) is 23.3 Å². The molecule has 0 aliphatic rings. The van der Waals surface area contributed by atoms with E-state index in [1.165, 1.54) is 13.8 Å². The maximum Gasteiger partial charge on any atom is 0.165 e. The van der Waals surface area contributed by atoms with Gasteiger partial charge in [-0.1, -0.05) is 35.6 Å². The summed E-state index contributed by atoms with van der Waals surface area (Å²) in [4.78, 5) is 0. The monoisotopic (exact) mass is 266 g/mol. The van der Waals surface area contributed by atoms with Crippen LogP contribution in [0.25, 0.3) is 0 Å². The molecule has 1 unspecified atom stereocenters. The smallest absolute Gasteiger partial charge is 0.165 e. The first-order valence-electron chi connectivity index (χ1n) is 5.30. The molecule has 0 radical (unpaired) electrons. The average Bonchev–Trinajstić information content (AvgIpc) is 2.27. The van der Waals surface area contributed by atoms with Crippen LogP contribution in [0, 0.1) is 23.3 Å². The van der Waals surface area contributed by atoms with E-state index in [4.69, 9.17) is 0 Å². The molecule has 0 N–H and O–H groups in total. The van der Waals surface area contributed by atoms with E-state index in [-0.39, 0.29) is 21.3 Å². The van der Waals surface area contributed by atoms with Gasteiger partial charge in [-0.3, -0.25) is 0 Å². The van der Waals surface area contributed by atoms with Crippen molar-refractivity contribution in [2.24, 2.45) is 0 Å². The van der Waals surface area contributed by atoms with Crippen molar-refractivity contribution in [3.8, 4) is 0 Å². The first-order valence-corrected chi connectivity index (χ1v) is 5.30. The molecule has 1 atom stereocenters. The van der Waals surface area contributed by atoms with Gasteiger partial charge in [-0.05, 0) is 18.8 Å². The number of hydrogen-bond acceptors (Lipinski definition) is 0. The van der Waals surface area contributed by atoms with Gasteiger partial charge in [-0.25, -0.2) is 17.6 Å². The van der Waals surface area contributed by atoms with Gasteiger partial charge >= 0.3 is 0 Å². The number of halogens is 4. The van der Waals surface area contributed by atoms with Gasteiger partial charge in [0, 0.05) is 11.1 Å². The Morgan fingerprint density at radius 1 is 0.833 bits per heavy atom. The second-order valence-electron chi connectivity index (χ2n) is 3.81. The Hall–Kier alpha value is -1.06. The van der Waals surface area contributed by atoms with Crippen LogP contribution >= 0.6 is 0 Å². The summed E-state index contributed by atoms with van der Waals surface area (Å²) in [5.74, 6) is -5.60. The predicted molar refractivity (Wildman–Crippen MR) is 67.8 cm³/mol. The van der Waals surface area contributed by atoms with Gasteiger partial charge in [-0.2, -0.15) is 0 Å². The van der Waals surface area contributed by atoms with Crippen LogP contribution in [0.1, 0.15) is 59.1 Å². The Labute approximate surface area is 107 Å². The van der Waals surface area contributed by atoms with Gasteiger partial charge in [0.25, 0.3) is 0 Å². The molecule has 0 aliphatic carbocycles. The van der Waals surface area contributed by atoms with Gasteiger partial charge in [0.2, 0.25) is 0 Å². The summed E-state index contributed by atoms with van der Waals surface area (Å²) in [6, 6.07) is 0. The molecule has 0 aliphatic heterocycles. The van der Waals surface area contributed by atoms with Crippen molar-refractivity contribution in [3.63, 3.8) is 0 Å². The summed E-state index contributed by atoms with van der Waals surface area (Å²) in [5.41, 5.74) is -1.02. The third-order valence-electron chi connectivity index (χ3n) is 2.85. The zero-order valence-electron chi connectivity index (χ0n) is 9.50. The lowest BCUT2D eigenvalue weighted by molar-refractivity contribution is 0.416. The van der Waals surface area contributed by atoms with E-state index in [2.05, 4.69) is 0 Å². The Bertz CT molecular complexity index is 370. The Kier molecular flexibility index (Phi) is 7.92. The topological polar surface area (TPSA) is 0 Å². The van der Waals surface area contributed by atoms with E-state index >= 15 is 0 Å². The molecule has 1 aromatic rings. The Morgan fingerprint density at radius 2 is 1.22 bits per heavy atom. The van der Waals surface area contributed by atoms with Crippen molar-refractivity contribution in [1.29, 1.82) is 0 Å². The molecule has 0 bridgehead atoms. The highest BCUT2D eigenvalue weighted by Crippen LogP contribution is 2.31. The highest BCUT2D eigenvalue weighted by Gasteiger charge is 2.26. The molecule has 0 saturated heterocycles. The first kappa shape index (κ1) is 19.3. The second-order valence-corrected chi connectivity index (χ2v) is 3.81. The Balaban J connectivity index is 0. The molecule has 106 valence electrons. The minimum atomic E-state index is -1.27. The molecule has 0 saturated carbocycles. The van der Waals surface area contributed by atoms with Crippen LogP contribution in [0.2, 0.25) is 0 Å². The number of hydrogen-bond donors (Lipinski definition) is 0. The third-order valence-corrected chi connectivity index (χ3v) is 2.85. The lowest BCUT2D eigenvalue weighted by atomic mass is 9.94. The normalized spacial score (nSPS) is 11.5. The first-order chi connectivity index (χ1) is 7.45. The highest BCUT2D eigenvalue weighted by molar-refractivity contribution is 5.32. The molecular weight excluding hydrogens is 244 g/mol. The molecular formula is C14H22F4. The largest absolute Gasteiger partial charge is 0.203 e. The molecule has 0 amide bonds. The van der Waals surface area contributed by atoms with Crippen LogP contribution in [0.3, 0.4) is 0 Å². The molecule has 0 heterocycles. The van der Waals surface area contributed by atoms with E-state index in [9.17, 15) is 17.6 Å². The number of benzene rings is 1. The summed E-state index contributed by atoms with van der Waals surface area (Å²) in [6.45, 7) is 4.68. The molecule has 1 aromatic carbocycles. The van der Waals surface area contributed by atoms with Crippen molar-refractivity contribution in [2.45, 2.75) is 54.4 Å².